The molecule has 0 amide bonds. The second kappa shape index (κ2) is 5.03. The number of carbonyl (C=O) groups is 1. The number of carboxylic acids is 1. The maximum absolute atomic E-state index is 10.5. The highest BCUT2D eigenvalue weighted by Gasteiger charge is 2.07. The van der Waals surface area contributed by atoms with Gasteiger partial charge in [0.05, 0.1) is 12.7 Å². The molecule has 0 saturated heterocycles. The summed E-state index contributed by atoms with van der Waals surface area (Å²) in [6.45, 7) is 0.588. The van der Waals surface area contributed by atoms with Crippen molar-refractivity contribution in [2.24, 2.45) is 0 Å². The minimum Gasteiger partial charge on any atom is -0.476 e. The van der Waals surface area contributed by atoms with Crippen molar-refractivity contribution in [1.29, 1.82) is 0 Å². The lowest BCUT2D eigenvalue weighted by atomic mass is 10.5. The number of aromatic carboxylic acids is 1. The van der Waals surface area contributed by atoms with Crippen molar-refractivity contribution in [3.05, 3.63) is 17.4 Å². The van der Waals surface area contributed by atoms with Crippen LogP contribution in [-0.4, -0.2) is 42.0 Å². The zero-order chi connectivity index (χ0) is 11.4. The van der Waals surface area contributed by atoms with Gasteiger partial charge >= 0.3 is 5.97 Å². The number of aryl methyl sites for hydroxylation is 1. The quantitative estimate of drug-likeness (QED) is 0.784. The third kappa shape index (κ3) is 2.76. The fourth-order valence-electron chi connectivity index (χ4n) is 0.958. The van der Waals surface area contributed by atoms with Gasteiger partial charge in [-0.1, -0.05) is 28.3 Å². The third-order valence-electron chi connectivity index (χ3n) is 1.64. The molecule has 0 atom stereocenters. The summed E-state index contributed by atoms with van der Waals surface area (Å²) in [5.74, 6) is -0.319. The maximum atomic E-state index is 10.5. The van der Waals surface area contributed by atoms with Crippen LogP contribution >= 0.6 is 23.1 Å². The molecule has 0 aliphatic heterocycles. The van der Waals surface area contributed by atoms with Crippen LogP contribution in [0.3, 0.4) is 0 Å². The lowest BCUT2D eigenvalue weighted by molar-refractivity contribution is 0.0690. The molecule has 1 N–H and O–H groups in total. The van der Waals surface area contributed by atoms with Crippen LogP contribution in [-0.2, 0) is 6.54 Å². The van der Waals surface area contributed by atoms with Gasteiger partial charge in [0.1, 0.15) is 5.51 Å². The summed E-state index contributed by atoms with van der Waals surface area (Å²) in [4.78, 5) is 10.5. The molecule has 2 aromatic heterocycles. The van der Waals surface area contributed by atoms with Gasteiger partial charge in [0.2, 0.25) is 0 Å². The Morgan fingerprint density at radius 2 is 2.44 bits per heavy atom. The summed E-state index contributed by atoms with van der Waals surface area (Å²) in [7, 11) is 0. The van der Waals surface area contributed by atoms with Crippen LogP contribution in [0, 0.1) is 0 Å². The van der Waals surface area contributed by atoms with Gasteiger partial charge in [0, 0.05) is 5.75 Å². The van der Waals surface area contributed by atoms with Gasteiger partial charge in [-0.05, 0) is 0 Å². The zero-order valence-corrected chi connectivity index (χ0v) is 9.61. The Kier molecular flexibility index (Phi) is 3.47. The molecule has 0 saturated carbocycles. The molecule has 2 rings (SSSR count). The minimum atomic E-state index is -1.07. The van der Waals surface area contributed by atoms with E-state index in [1.54, 1.807) is 17.3 Å². The molecule has 16 heavy (non-hydrogen) atoms. The van der Waals surface area contributed by atoms with Crippen molar-refractivity contribution < 1.29 is 9.90 Å². The number of aromatic nitrogens is 5. The van der Waals surface area contributed by atoms with E-state index in [2.05, 4.69) is 20.5 Å². The first-order valence-electron chi connectivity index (χ1n) is 4.28. The first kappa shape index (κ1) is 11.0. The van der Waals surface area contributed by atoms with Gasteiger partial charge in [-0.25, -0.2) is 4.79 Å². The standard InChI is InChI=1S/C7H7N5O2S2/c13-6(14)5-3-12(11-9-5)1-2-15-7-10-8-4-16-7/h3-4H,1-2H2,(H,13,14). The molecule has 2 aromatic rings. The number of hydrogen-bond donors (Lipinski definition) is 1. The number of hydrogen-bond acceptors (Lipinski definition) is 7. The van der Waals surface area contributed by atoms with Gasteiger partial charge in [-0.3, -0.25) is 4.68 Å². The van der Waals surface area contributed by atoms with Crippen LogP contribution in [0.5, 0.6) is 0 Å². The third-order valence-corrected chi connectivity index (χ3v) is 3.48. The molecule has 0 aromatic carbocycles. The molecular formula is C7H7N5O2S2. The van der Waals surface area contributed by atoms with Gasteiger partial charge < -0.3 is 5.11 Å². The van der Waals surface area contributed by atoms with Crippen LogP contribution in [0.2, 0.25) is 0 Å². The van der Waals surface area contributed by atoms with E-state index in [4.69, 9.17) is 5.11 Å². The van der Waals surface area contributed by atoms with Crippen LogP contribution in [0.25, 0.3) is 0 Å². The predicted molar refractivity (Wildman–Crippen MR) is 57.6 cm³/mol. The summed E-state index contributed by atoms with van der Waals surface area (Å²) < 4.78 is 2.39. The lowest BCUT2D eigenvalue weighted by Gasteiger charge is -1.96. The molecule has 9 heteroatoms. The van der Waals surface area contributed by atoms with E-state index in [0.717, 1.165) is 10.1 Å². The van der Waals surface area contributed by atoms with Crippen molar-refractivity contribution in [1.82, 2.24) is 25.2 Å². The summed E-state index contributed by atoms with van der Waals surface area (Å²) in [6.07, 6.45) is 1.41. The van der Waals surface area contributed by atoms with Crippen LogP contribution in [0.15, 0.2) is 16.0 Å². The van der Waals surface area contributed by atoms with E-state index in [0.29, 0.717) is 6.54 Å². The smallest absolute Gasteiger partial charge is 0.358 e. The second-order valence-corrected chi connectivity index (χ2v) is 4.90. The summed E-state index contributed by atoms with van der Waals surface area (Å²) in [6, 6.07) is 0. The average Bonchev–Trinajstić information content (AvgIpc) is 2.87. The van der Waals surface area contributed by atoms with E-state index in [9.17, 15) is 4.79 Å². The monoisotopic (exact) mass is 257 g/mol. The van der Waals surface area contributed by atoms with E-state index >= 15 is 0 Å². The van der Waals surface area contributed by atoms with Crippen LogP contribution in [0.1, 0.15) is 10.5 Å². The van der Waals surface area contributed by atoms with Gasteiger partial charge in [0.25, 0.3) is 0 Å². The second-order valence-electron chi connectivity index (χ2n) is 2.73. The Balaban J connectivity index is 1.83. The minimum absolute atomic E-state index is 0.0408. The Hall–Kier alpha value is -1.48. The average molecular weight is 257 g/mol. The molecule has 2 heterocycles. The van der Waals surface area contributed by atoms with Crippen LogP contribution < -0.4 is 0 Å². The largest absolute Gasteiger partial charge is 0.476 e. The van der Waals surface area contributed by atoms with E-state index in [1.165, 1.54) is 22.2 Å². The fraction of sp³-hybridized carbons (Fsp3) is 0.286. The molecule has 0 fully saturated rings. The highest BCUT2D eigenvalue weighted by Crippen LogP contribution is 2.18. The van der Waals surface area contributed by atoms with Gasteiger partial charge in [-0.2, -0.15) is 0 Å². The maximum Gasteiger partial charge on any atom is 0.358 e. The summed E-state index contributed by atoms with van der Waals surface area (Å²) in [5.41, 5.74) is 1.63. The Morgan fingerprint density at radius 3 is 3.06 bits per heavy atom. The molecule has 0 aliphatic rings. The molecule has 84 valence electrons. The highest BCUT2D eigenvalue weighted by molar-refractivity contribution is 8.00. The molecule has 0 bridgehead atoms. The first-order chi connectivity index (χ1) is 7.75. The fourth-order valence-corrected chi connectivity index (χ4v) is 2.45. The van der Waals surface area contributed by atoms with Crippen molar-refractivity contribution in [3.8, 4) is 0 Å². The van der Waals surface area contributed by atoms with Crippen molar-refractivity contribution in [3.63, 3.8) is 0 Å². The van der Waals surface area contributed by atoms with Crippen molar-refractivity contribution in [2.75, 3.05) is 5.75 Å². The number of nitrogens with zero attached hydrogens (tertiary/aromatic N) is 5. The number of rotatable bonds is 5. The SMILES string of the molecule is O=C(O)c1cn(CCSc2nncs2)nn1. The Bertz CT molecular complexity index is 469. The lowest BCUT2D eigenvalue weighted by Crippen LogP contribution is -2.01. The first-order valence-corrected chi connectivity index (χ1v) is 6.14. The van der Waals surface area contributed by atoms with E-state index in [-0.39, 0.29) is 5.69 Å². The summed E-state index contributed by atoms with van der Waals surface area (Å²) >= 11 is 3.02. The topological polar surface area (TPSA) is 93.8 Å². The molecule has 0 unspecified atom stereocenters. The Morgan fingerprint density at radius 1 is 1.56 bits per heavy atom. The highest BCUT2D eigenvalue weighted by atomic mass is 32.2. The normalized spacial score (nSPS) is 10.5. The molecular weight excluding hydrogens is 250 g/mol. The zero-order valence-electron chi connectivity index (χ0n) is 7.98. The van der Waals surface area contributed by atoms with E-state index in [1.807, 2.05) is 0 Å². The molecule has 0 spiro atoms. The van der Waals surface area contributed by atoms with Crippen molar-refractivity contribution in [2.45, 2.75) is 10.9 Å². The van der Waals surface area contributed by atoms with Crippen molar-refractivity contribution >= 4 is 29.1 Å². The number of thioether (sulfide) groups is 1. The number of carboxylic acid groups (broad SMARTS) is 1. The van der Waals surface area contributed by atoms with E-state index < -0.39 is 5.97 Å². The predicted octanol–water partition coefficient (Wildman–Crippen LogP) is 0.620. The molecule has 0 radical (unpaired) electrons. The Labute approximate surface area is 98.5 Å². The van der Waals surface area contributed by atoms with Gasteiger partial charge in [-0.15, -0.1) is 15.3 Å². The van der Waals surface area contributed by atoms with Gasteiger partial charge in [0.15, 0.2) is 10.0 Å². The molecule has 0 aliphatic carbocycles. The summed E-state index contributed by atoms with van der Waals surface area (Å²) in [5, 5.41) is 23.4. The van der Waals surface area contributed by atoms with Crippen LogP contribution in [0.4, 0.5) is 0 Å². The molecule has 7 nitrogen and oxygen atoms in total.